The summed E-state index contributed by atoms with van der Waals surface area (Å²) in [7, 11) is -3.37. The van der Waals surface area contributed by atoms with Crippen LogP contribution in [0.3, 0.4) is 0 Å². The predicted octanol–water partition coefficient (Wildman–Crippen LogP) is 0.0375. The molecule has 2 aliphatic rings. The topological polar surface area (TPSA) is 79.0 Å². The minimum Gasteiger partial charge on any atom is -0.375 e. The van der Waals surface area contributed by atoms with Gasteiger partial charge in [-0.05, 0) is 12.5 Å². The van der Waals surface area contributed by atoms with Crippen LogP contribution in [0.5, 0.6) is 0 Å². The van der Waals surface area contributed by atoms with Gasteiger partial charge >= 0.3 is 0 Å². The second-order valence-electron chi connectivity index (χ2n) is 6.47. The molecule has 1 aromatic rings. The first kappa shape index (κ1) is 18.3. The van der Waals surface area contributed by atoms with Gasteiger partial charge in [0.25, 0.3) is 0 Å². The molecule has 1 aromatic carbocycles. The van der Waals surface area contributed by atoms with Gasteiger partial charge in [-0.3, -0.25) is 4.79 Å². The van der Waals surface area contributed by atoms with E-state index in [4.69, 9.17) is 4.74 Å². The summed E-state index contributed by atoms with van der Waals surface area (Å²) in [4.78, 5) is 14.4. The lowest BCUT2D eigenvalue weighted by atomic mass is 10.1. The molecule has 1 N–H and O–H groups in total. The van der Waals surface area contributed by atoms with Crippen LogP contribution in [0.4, 0.5) is 0 Å². The summed E-state index contributed by atoms with van der Waals surface area (Å²) >= 11 is 0. The van der Waals surface area contributed by atoms with E-state index >= 15 is 0 Å². The second kappa shape index (κ2) is 7.82. The molecule has 0 aromatic heterocycles. The van der Waals surface area contributed by atoms with Crippen LogP contribution >= 0.6 is 0 Å². The number of hydrogen-bond donors (Lipinski definition) is 1. The third kappa shape index (κ3) is 4.38. The summed E-state index contributed by atoms with van der Waals surface area (Å²) < 4.78 is 32.2. The van der Waals surface area contributed by atoms with Crippen molar-refractivity contribution in [1.82, 2.24) is 14.5 Å². The highest BCUT2D eigenvalue weighted by molar-refractivity contribution is 7.88. The van der Waals surface area contributed by atoms with Crippen LogP contribution in [0.25, 0.3) is 0 Å². The first-order valence-corrected chi connectivity index (χ1v) is 10.2. The molecular formula is C17H25N3O4S. The van der Waals surface area contributed by atoms with Gasteiger partial charge in [-0.25, -0.2) is 8.42 Å². The van der Waals surface area contributed by atoms with Crippen LogP contribution in [-0.2, 0) is 25.3 Å². The molecule has 3 rings (SSSR count). The maximum atomic E-state index is 12.6. The van der Waals surface area contributed by atoms with Gasteiger partial charge in [0, 0.05) is 32.7 Å². The molecule has 2 saturated heterocycles. The zero-order chi connectivity index (χ0) is 17.9. The highest BCUT2D eigenvalue weighted by Gasteiger charge is 2.35. The Morgan fingerprint density at radius 3 is 2.52 bits per heavy atom. The van der Waals surface area contributed by atoms with Gasteiger partial charge in [0.15, 0.2) is 0 Å². The van der Waals surface area contributed by atoms with E-state index in [2.05, 4.69) is 5.32 Å². The van der Waals surface area contributed by atoms with Crippen LogP contribution < -0.4 is 5.32 Å². The molecule has 0 saturated carbocycles. The zero-order valence-electron chi connectivity index (χ0n) is 14.4. The fourth-order valence-corrected chi connectivity index (χ4v) is 4.78. The van der Waals surface area contributed by atoms with Crippen molar-refractivity contribution >= 4 is 15.9 Å². The number of carbonyl (C=O) groups excluding carboxylic acids is 1. The van der Waals surface area contributed by atoms with Crippen molar-refractivity contribution < 1.29 is 17.9 Å². The number of piperazine rings is 1. The molecule has 8 heteroatoms. The lowest BCUT2D eigenvalue weighted by molar-refractivity contribution is -0.140. The molecule has 0 unspecified atom stereocenters. The molecule has 138 valence electrons. The zero-order valence-corrected chi connectivity index (χ0v) is 15.2. The summed E-state index contributed by atoms with van der Waals surface area (Å²) in [5.74, 6) is -0.0103. The highest BCUT2D eigenvalue weighted by atomic mass is 32.2. The molecule has 7 nitrogen and oxygen atoms in total. The number of carbonyl (C=O) groups is 1. The molecule has 2 aliphatic heterocycles. The van der Waals surface area contributed by atoms with Crippen molar-refractivity contribution in [1.29, 1.82) is 0 Å². The third-order valence-corrected chi connectivity index (χ3v) is 6.57. The Kier molecular flexibility index (Phi) is 5.73. The number of amides is 1. The third-order valence-electron chi connectivity index (χ3n) is 4.72. The normalized spacial score (nSPS) is 25.7. The minimum atomic E-state index is -3.37. The van der Waals surface area contributed by atoms with E-state index in [1.165, 1.54) is 4.31 Å². The summed E-state index contributed by atoms with van der Waals surface area (Å²) in [5.41, 5.74) is 0.776. The smallest absolute Gasteiger partial charge is 0.242 e. The number of rotatable bonds is 4. The van der Waals surface area contributed by atoms with Crippen molar-refractivity contribution in [3.63, 3.8) is 0 Å². The fraction of sp³-hybridized carbons (Fsp3) is 0.588. The number of nitrogens with one attached hydrogen (secondary N) is 1. The first-order valence-electron chi connectivity index (χ1n) is 8.63. The van der Waals surface area contributed by atoms with E-state index in [0.29, 0.717) is 39.3 Å². The summed E-state index contributed by atoms with van der Waals surface area (Å²) in [6.45, 7) is 4.65. The van der Waals surface area contributed by atoms with E-state index < -0.39 is 10.0 Å². The molecule has 2 fully saturated rings. The Hall–Kier alpha value is -1.48. The Labute approximate surface area is 149 Å². The molecule has 0 bridgehead atoms. The molecule has 2 atom stereocenters. The second-order valence-corrected chi connectivity index (χ2v) is 8.44. The SMILES string of the molecule is C[C@H]1OCCN[C@@H]1C(=O)N1CCN(S(=O)(=O)Cc2ccccc2)CC1. The Balaban J connectivity index is 1.57. The molecule has 0 aliphatic carbocycles. The van der Waals surface area contributed by atoms with Crippen molar-refractivity contribution in [3.8, 4) is 0 Å². The number of ether oxygens (including phenoxy) is 1. The molecule has 0 spiro atoms. The molecule has 0 radical (unpaired) electrons. The largest absolute Gasteiger partial charge is 0.375 e. The van der Waals surface area contributed by atoms with E-state index in [9.17, 15) is 13.2 Å². The fourth-order valence-electron chi connectivity index (χ4n) is 3.27. The quantitative estimate of drug-likeness (QED) is 0.813. The van der Waals surface area contributed by atoms with E-state index in [1.807, 2.05) is 37.3 Å². The van der Waals surface area contributed by atoms with Crippen LogP contribution in [0.1, 0.15) is 12.5 Å². The summed E-state index contributed by atoms with van der Waals surface area (Å²) in [6, 6.07) is 8.82. The maximum Gasteiger partial charge on any atom is 0.242 e. The van der Waals surface area contributed by atoms with Crippen LogP contribution in [0.2, 0.25) is 0 Å². The molecule has 25 heavy (non-hydrogen) atoms. The monoisotopic (exact) mass is 367 g/mol. The average Bonchev–Trinajstić information content (AvgIpc) is 2.62. The number of morpholine rings is 1. The van der Waals surface area contributed by atoms with Crippen molar-refractivity contribution in [2.75, 3.05) is 39.3 Å². The summed E-state index contributed by atoms with van der Waals surface area (Å²) in [5, 5.41) is 3.19. The number of benzene rings is 1. The van der Waals surface area contributed by atoms with Gasteiger partial charge in [-0.2, -0.15) is 4.31 Å². The van der Waals surface area contributed by atoms with Crippen LogP contribution in [0.15, 0.2) is 30.3 Å². The Bertz CT molecular complexity index is 687. The summed E-state index contributed by atoms with van der Waals surface area (Å²) in [6.07, 6.45) is -0.166. The number of sulfonamides is 1. The van der Waals surface area contributed by atoms with Gasteiger partial charge in [-0.1, -0.05) is 30.3 Å². The Morgan fingerprint density at radius 1 is 1.20 bits per heavy atom. The van der Waals surface area contributed by atoms with Crippen LogP contribution in [0, 0.1) is 0 Å². The van der Waals surface area contributed by atoms with E-state index in [1.54, 1.807) is 4.90 Å². The molecular weight excluding hydrogens is 342 g/mol. The Morgan fingerprint density at radius 2 is 1.88 bits per heavy atom. The van der Waals surface area contributed by atoms with E-state index in [0.717, 1.165) is 5.56 Å². The van der Waals surface area contributed by atoms with Crippen molar-refractivity contribution in [3.05, 3.63) is 35.9 Å². The molecule has 1 amide bonds. The van der Waals surface area contributed by atoms with Gasteiger partial charge in [0.2, 0.25) is 15.9 Å². The average molecular weight is 367 g/mol. The number of hydrogen-bond acceptors (Lipinski definition) is 5. The van der Waals surface area contributed by atoms with E-state index in [-0.39, 0.29) is 23.8 Å². The first-order chi connectivity index (χ1) is 12.0. The van der Waals surface area contributed by atoms with Gasteiger partial charge in [-0.15, -0.1) is 0 Å². The minimum absolute atomic E-state index is 0.00313. The highest BCUT2D eigenvalue weighted by Crippen LogP contribution is 2.15. The lowest BCUT2D eigenvalue weighted by Gasteiger charge is -2.38. The van der Waals surface area contributed by atoms with Crippen molar-refractivity contribution in [2.24, 2.45) is 0 Å². The standard InChI is InChI=1S/C17H25N3O4S/c1-14-16(18-7-12-24-14)17(21)19-8-10-20(11-9-19)25(22,23)13-15-5-3-2-4-6-15/h2-6,14,16,18H,7-13H2,1H3/t14-,16+/m1/s1. The van der Waals surface area contributed by atoms with Crippen molar-refractivity contribution in [2.45, 2.75) is 24.8 Å². The molecule has 2 heterocycles. The van der Waals surface area contributed by atoms with Gasteiger partial charge < -0.3 is 15.0 Å². The lowest BCUT2D eigenvalue weighted by Crippen LogP contribution is -2.60. The van der Waals surface area contributed by atoms with Gasteiger partial charge in [0.1, 0.15) is 6.04 Å². The van der Waals surface area contributed by atoms with Gasteiger partial charge in [0.05, 0.1) is 18.5 Å². The predicted molar refractivity (Wildman–Crippen MR) is 94.4 cm³/mol. The number of nitrogens with zero attached hydrogens (tertiary/aromatic N) is 2. The maximum absolute atomic E-state index is 12.6. The van der Waals surface area contributed by atoms with Crippen LogP contribution in [-0.4, -0.2) is 75.0 Å².